The predicted molar refractivity (Wildman–Crippen MR) is 108 cm³/mol. The minimum Gasteiger partial charge on any atom is -0.336 e. The molecule has 5 rings (SSSR count). The normalized spacial score (nSPS) is 23.6. The molecule has 0 N–H and O–H groups in total. The van der Waals surface area contributed by atoms with Crippen molar-refractivity contribution < 1.29 is 9.18 Å². The van der Waals surface area contributed by atoms with Gasteiger partial charge in [0.2, 0.25) is 0 Å². The average molecular weight is 406 g/mol. The van der Waals surface area contributed by atoms with E-state index in [1.807, 2.05) is 23.5 Å². The van der Waals surface area contributed by atoms with Crippen molar-refractivity contribution in [1.82, 2.24) is 29.3 Å². The fourth-order valence-corrected chi connectivity index (χ4v) is 4.88. The number of hydrogen-bond acceptors (Lipinski definition) is 5. The number of nitrogens with zero attached hydrogens (tertiary/aromatic N) is 6. The Hall–Kier alpha value is -3.13. The number of carbonyl (C=O) groups is 1. The van der Waals surface area contributed by atoms with Crippen LogP contribution in [0.2, 0.25) is 0 Å². The number of carbonyl (C=O) groups excluding carboxylic acids is 1. The van der Waals surface area contributed by atoms with Crippen LogP contribution in [0, 0.1) is 17.7 Å². The molecule has 30 heavy (non-hydrogen) atoms. The number of hydrogen-bond donors (Lipinski definition) is 0. The lowest BCUT2D eigenvalue weighted by molar-refractivity contribution is 0.0693. The predicted octanol–water partition coefficient (Wildman–Crippen LogP) is 2.26. The molecular formula is C22H23FN6O. The van der Waals surface area contributed by atoms with Crippen LogP contribution in [0.1, 0.15) is 22.1 Å². The average Bonchev–Trinajstić information content (AvgIpc) is 3.48. The monoisotopic (exact) mass is 406 g/mol. The minimum absolute atomic E-state index is 0.142. The number of aromatic nitrogens is 4. The molecule has 0 radical (unpaired) electrons. The van der Waals surface area contributed by atoms with Crippen LogP contribution in [0.4, 0.5) is 4.39 Å². The van der Waals surface area contributed by atoms with Gasteiger partial charge in [-0.1, -0.05) is 12.1 Å². The van der Waals surface area contributed by atoms with Gasteiger partial charge < -0.3 is 14.4 Å². The van der Waals surface area contributed by atoms with Gasteiger partial charge in [0.25, 0.3) is 5.91 Å². The Bertz CT molecular complexity index is 1010. The van der Waals surface area contributed by atoms with E-state index in [4.69, 9.17) is 0 Å². The highest BCUT2D eigenvalue weighted by Gasteiger charge is 2.49. The molecule has 0 unspecified atom stereocenters. The molecule has 0 aliphatic carbocycles. The molecule has 1 amide bonds. The standard InChI is InChI=1S/C22H23FN6O/c23-18-3-1-2-16(10-18)21-19-14-28(9-8-27-7-6-25-15-27)12-17(19)13-29(21)22(30)20-11-24-4-5-26-20/h1-7,10-11,15,17,19,21H,8-9,12-14H2/t17-,19-,21-/m0/s1. The van der Waals surface area contributed by atoms with Crippen LogP contribution in [0.5, 0.6) is 0 Å². The van der Waals surface area contributed by atoms with Crippen molar-refractivity contribution in [1.29, 1.82) is 0 Å². The Morgan fingerprint density at radius 1 is 1.10 bits per heavy atom. The molecule has 4 heterocycles. The first-order chi connectivity index (χ1) is 14.7. The smallest absolute Gasteiger partial charge is 0.274 e. The lowest BCUT2D eigenvalue weighted by Gasteiger charge is -2.29. The Morgan fingerprint density at radius 2 is 2.03 bits per heavy atom. The summed E-state index contributed by atoms with van der Waals surface area (Å²) in [5.41, 5.74) is 1.17. The van der Waals surface area contributed by atoms with Crippen molar-refractivity contribution in [2.75, 3.05) is 26.2 Å². The molecule has 0 bridgehead atoms. The largest absolute Gasteiger partial charge is 0.336 e. The van der Waals surface area contributed by atoms with Crippen LogP contribution < -0.4 is 0 Å². The second kappa shape index (κ2) is 7.95. The van der Waals surface area contributed by atoms with E-state index in [-0.39, 0.29) is 23.7 Å². The molecule has 0 saturated carbocycles. The zero-order chi connectivity index (χ0) is 20.5. The molecule has 154 valence electrons. The zero-order valence-electron chi connectivity index (χ0n) is 16.5. The molecule has 2 fully saturated rings. The van der Waals surface area contributed by atoms with Crippen LogP contribution in [-0.4, -0.2) is 61.4 Å². The molecule has 7 nitrogen and oxygen atoms in total. The van der Waals surface area contributed by atoms with Gasteiger partial charge in [-0.3, -0.25) is 9.78 Å². The van der Waals surface area contributed by atoms with E-state index in [0.717, 1.165) is 31.7 Å². The lowest BCUT2D eigenvalue weighted by atomic mass is 9.89. The van der Waals surface area contributed by atoms with Crippen molar-refractivity contribution in [3.8, 4) is 0 Å². The molecule has 8 heteroatoms. The Labute approximate surface area is 174 Å². The minimum atomic E-state index is -0.280. The second-order valence-electron chi connectivity index (χ2n) is 8.03. The summed E-state index contributed by atoms with van der Waals surface area (Å²) in [6.07, 6.45) is 10.2. The van der Waals surface area contributed by atoms with E-state index in [0.29, 0.717) is 18.2 Å². The van der Waals surface area contributed by atoms with Crippen LogP contribution in [0.25, 0.3) is 0 Å². The summed E-state index contributed by atoms with van der Waals surface area (Å²) in [5, 5.41) is 0. The molecule has 2 aromatic heterocycles. The van der Waals surface area contributed by atoms with Crippen molar-refractivity contribution in [3.05, 3.63) is 78.7 Å². The molecule has 2 saturated heterocycles. The van der Waals surface area contributed by atoms with Crippen LogP contribution in [-0.2, 0) is 6.54 Å². The van der Waals surface area contributed by atoms with E-state index in [2.05, 4.69) is 24.4 Å². The lowest BCUT2D eigenvalue weighted by Crippen LogP contribution is -2.36. The van der Waals surface area contributed by atoms with Gasteiger partial charge in [-0.15, -0.1) is 0 Å². The van der Waals surface area contributed by atoms with Gasteiger partial charge in [-0.25, -0.2) is 14.4 Å². The first-order valence-electron chi connectivity index (χ1n) is 10.2. The van der Waals surface area contributed by atoms with Crippen molar-refractivity contribution in [2.45, 2.75) is 12.6 Å². The van der Waals surface area contributed by atoms with Gasteiger partial charge in [0.1, 0.15) is 11.5 Å². The van der Waals surface area contributed by atoms with Gasteiger partial charge in [0, 0.05) is 63.4 Å². The van der Waals surface area contributed by atoms with Crippen LogP contribution >= 0.6 is 0 Å². The van der Waals surface area contributed by atoms with Gasteiger partial charge >= 0.3 is 0 Å². The molecule has 3 atom stereocenters. The number of imidazole rings is 1. The molecule has 0 spiro atoms. The van der Waals surface area contributed by atoms with E-state index in [9.17, 15) is 9.18 Å². The Morgan fingerprint density at radius 3 is 2.80 bits per heavy atom. The SMILES string of the molecule is O=C(c1cnccn1)N1C[C@@H]2CN(CCn3ccnc3)C[C@@H]2[C@@H]1c1cccc(F)c1. The van der Waals surface area contributed by atoms with Gasteiger partial charge in [0.05, 0.1) is 18.6 Å². The first kappa shape index (κ1) is 18.9. The van der Waals surface area contributed by atoms with Gasteiger partial charge in [-0.2, -0.15) is 0 Å². The summed E-state index contributed by atoms with van der Waals surface area (Å²) in [4.78, 5) is 29.8. The number of likely N-dealkylation sites (tertiary alicyclic amines) is 2. The summed E-state index contributed by atoms with van der Waals surface area (Å²) in [6, 6.07) is 6.46. The number of benzene rings is 1. The highest BCUT2D eigenvalue weighted by molar-refractivity contribution is 5.92. The van der Waals surface area contributed by atoms with E-state index in [1.165, 1.54) is 18.5 Å². The van der Waals surface area contributed by atoms with E-state index >= 15 is 0 Å². The van der Waals surface area contributed by atoms with Crippen LogP contribution in [0.3, 0.4) is 0 Å². The van der Waals surface area contributed by atoms with E-state index < -0.39 is 0 Å². The summed E-state index contributed by atoms with van der Waals surface area (Å²) < 4.78 is 16.1. The van der Waals surface area contributed by atoms with Crippen LogP contribution in [0.15, 0.2) is 61.6 Å². The molecule has 3 aromatic rings. The fourth-order valence-electron chi connectivity index (χ4n) is 4.88. The van der Waals surface area contributed by atoms with Crippen molar-refractivity contribution >= 4 is 5.91 Å². The quantitative estimate of drug-likeness (QED) is 0.650. The van der Waals surface area contributed by atoms with Gasteiger partial charge in [0.15, 0.2) is 0 Å². The van der Waals surface area contributed by atoms with E-state index in [1.54, 1.807) is 24.5 Å². The second-order valence-corrected chi connectivity index (χ2v) is 8.03. The summed E-state index contributed by atoms with van der Waals surface area (Å²) >= 11 is 0. The van der Waals surface area contributed by atoms with Crippen molar-refractivity contribution in [3.63, 3.8) is 0 Å². The molecule has 2 aliphatic heterocycles. The maximum Gasteiger partial charge on any atom is 0.274 e. The number of halogens is 1. The molecule has 2 aliphatic rings. The zero-order valence-corrected chi connectivity index (χ0v) is 16.5. The summed E-state index contributed by atoms with van der Waals surface area (Å²) in [7, 11) is 0. The highest BCUT2D eigenvalue weighted by atomic mass is 19.1. The maximum absolute atomic E-state index is 14.0. The number of rotatable bonds is 5. The van der Waals surface area contributed by atoms with Gasteiger partial charge in [-0.05, 0) is 23.6 Å². The summed E-state index contributed by atoms with van der Waals surface area (Å²) in [5.74, 6) is 0.187. The Balaban J connectivity index is 1.38. The third kappa shape index (κ3) is 3.59. The summed E-state index contributed by atoms with van der Waals surface area (Å²) in [6.45, 7) is 4.26. The Kier molecular flexibility index (Phi) is 5.00. The fraction of sp³-hybridized carbons (Fsp3) is 0.364. The first-order valence-corrected chi connectivity index (χ1v) is 10.2. The third-order valence-corrected chi connectivity index (χ3v) is 6.21. The molecule has 1 aromatic carbocycles. The maximum atomic E-state index is 14.0. The number of amides is 1. The third-order valence-electron chi connectivity index (χ3n) is 6.21. The molecular weight excluding hydrogens is 383 g/mol. The topological polar surface area (TPSA) is 67.2 Å². The highest BCUT2D eigenvalue weighted by Crippen LogP contribution is 2.45. The number of fused-ring (bicyclic) bond motifs is 1. The van der Waals surface area contributed by atoms with Crippen molar-refractivity contribution in [2.24, 2.45) is 11.8 Å².